The van der Waals surface area contributed by atoms with Gasteiger partial charge in [-0.3, -0.25) is 4.79 Å². The predicted octanol–water partition coefficient (Wildman–Crippen LogP) is 2.25. The first-order chi connectivity index (χ1) is 6.33. The smallest absolute Gasteiger partial charge is 0.309 e. The van der Waals surface area contributed by atoms with Gasteiger partial charge in [-0.2, -0.15) is 0 Å². The van der Waals surface area contributed by atoms with Crippen LogP contribution in [-0.4, -0.2) is 13.0 Å². The maximum atomic E-state index is 9.97. The molecule has 1 amide bonds. The lowest BCUT2D eigenvalue weighted by atomic mass is 9.83. The molecule has 1 aliphatic carbocycles. The summed E-state index contributed by atoms with van der Waals surface area (Å²) >= 11 is 0. The van der Waals surface area contributed by atoms with Crippen LogP contribution in [0.25, 0.3) is 0 Å². The Morgan fingerprint density at radius 3 is 2.69 bits per heavy atom. The van der Waals surface area contributed by atoms with Gasteiger partial charge in [-0.1, -0.05) is 39.0 Å². The molecule has 1 unspecified atom stereocenters. The first-order valence-corrected chi connectivity index (χ1v) is 5.43. The molecule has 75 valence electrons. The highest BCUT2D eigenvalue weighted by Crippen LogP contribution is 2.28. The van der Waals surface area contributed by atoms with Crippen LogP contribution in [0.4, 0.5) is 0 Å². The van der Waals surface area contributed by atoms with Crippen LogP contribution < -0.4 is 5.32 Å². The van der Waals surface area contributed by atoms with Crippen LogP contribution in [0.3, 0.4) is 0 Å². The fraction of sp³-hybridized carbons (Fsp3) is 0.909. The van der Waals surface area contributed by atoms with E-state index in [-0.39, 0.29) is 0 Å². The minimum atomic E-state index is 0.615. The summed E-state index contributed by atoms with van der Waals surface area (Å²) in [6.45, 7) is 3.00. The summed E-state index contributed by atoms with van der Waals surface area (Å²) in [5.41, 5.74) is 0. The van der Waals surface area contributed by atoms with E-state index < -0.39 is 0 Å². The van der Waals surface area contributed by atoms with E-state index in [1.165, 1.54) is 38.5 Å². The van der Waals surface area contributed by atoms with E-state index in [2.05, 4.69) is 12.2 Å². The SMILES string of the molecule is CC(CN[C]=O)CC1CCCCC1. The third-order valence-corrected chi connectivity index (χ3v) is 2.98. The maximum absolute atomic E-state index is 9.97. The van der Waals surface area contributed by atoms with Crippen molar-refractivity contribution in [2.24, 2.45) is 11.8 Å². The third kappa shape index (κ3) is 4.30. The largest absolute Gasteiger partial charge is 0.348 e. The van der Waals surface area contributed by atoms with E-state index in [9.17, 15) is 4.79 Å². The van der Waals surface area contributed by atoms with Crippen molar-refractivity contribution >= 4 is 6.41 Å². The Labute approximate surface area is 81.1 Å². The van der Waals surface area contributed by atoms with Crippen LogP contribution in [0, 0.1) is 11.8 Å². The lowest BCUT2D eigenvalue weighted by molar-refractivity contribution is 0.295. The Morgan fingerprint density at radius 2 is 2.08 bits per heavy atom. The first-order valence-electron chi connectivity index (χ1n) is 5.43. The van der Waals surface area contributed by atoms with Crippen molar-refractivity contribution in [2.45, 2.75) is 45.4 Å². The van der Waals surface area contributed by atoms with Crippen molar-refractivity contribution in [3.05, 3.63) is 0 Å². The summed E-state index contributed by atoms with van der Waals surface area (Å²) in [5.74, 6) is 1.53. The van der Waals surface area contributed by atoms with Gasteiger partial charge in [-0.25, -0.2) is 0 Å². The van der Waals surface area contributed by atoms with Crippen LogP contribution in [-0.2, 0) is 4.79 Å². The summed E-state index contributed by atoms with van der Waals surface area (Å²) in [5, 5.41) is 2.63. The van der Waals surface area contributed by atoms with Gasteiger partial charge in [0.1, 0.15) is 0 Å². The molecular weight excluding hydrogens is 162 g/mol. The highest BCUT2D eigenvalue weighted by Gasteiger charge is 2.15. The summed E-state index contributed by atoms with van der Waals surface area (Å²) in [6, 6.07) is 0. The van der Waals surface area contributed by atoms with Gasteiger partial charge in [0.25, 0.3) is 0 Å². The molecule has 0 spiro atoms. The molecule has 0 heterocycles. The molecule has 1 fully saturated rings. The normalized spacial score (nSPS) is 21.0. The molecule has 0 aromatic carbocycles. The van der Waals surface area contributed by atoms with Gasteiger partial charge < -0.3 is 5.32 Å². The molecule has 13 heavy (non-hydrogen) atoms. The van der Waals surface area contributed by atoms with E-state index >= 15 is 0 Å². The number of nitrogens with one attached hydrogen (secondary N) is 1. The number of rotatable bonds is 5. The highest BCUT2D eigenvalue weighted by molar-refractivity contribution is 5.46. The molecule has 2 heteroatoms. The van der Waals surface area contributed by atoms with E-state index in [1.807, 2.05) is 0 Å². The van der Waals surface area contributed by atoms with Gasteiger partial charge in [0, 0.05) is 6.54 Å². The third-order valence-electron chi connectivity index (χ3n) is 2.98. The monoisotopic (exact) mass is 182 g/mol. The molecule has 0 bridgehead atoms. The Balaban J connectivity index is 2.10. The lowest BCUT2D eigenvalue weighted by Crippen LogP contribution is -2.22. The first kappa shape index (κ1) is 10.6. The molecule has 1 rings (SSSR count). The Bertz CT molecular complexity index is 141. The van der Waals surface area contributed by atoms with Crippen LogP contribution in [0.1, 0.15) is 45.4 Å². The summed E-state index contributed by atoms with van der Waals surface area (Å²) in [7, 11) is 0. The molecule has 1 aliphatic rings. The van der Waals surface area contributed by atoms with Crippen LogP contribution >= 0.6 is 0 Å². The van der Waals surface area contributed by atoms with Gasteiger partial charge in [0.15, 0.2) is 0 Å². The minimum Gasteiger partial charge on any atom is -0.348 e. The second-order valence-corrected chi connectivity index (χ2v) is 4.33. The molecule has 0 saturated heterocycles. The van der Waals surface area contributed by atoms with Gasteiger partial charge in [-0.05, 0) is 18.3 Å². The van der Waals surface area contributed by atoms with Gasteiger partial charge >= 0.3 is 6.41 Å². The van der Waals surface area contributed by atoms with Crippen LogP contribution in [0.2, 0.25) is 0 Å². The fourth-order valence-electron chi connectivity index (χ4n) is 2.29. The van der Waals surface area contributed by atoms with Crippen molar-refractivity contribution in [1.29, 1.82) is 0 Å². The van der Waals surface area contributed by atoms with Crippen LogP contribution in [0.15, 0.2) is 0 Å². The minimum absolute atomic E-state index is 0.615. The average Bonchev–Trinajstić information content (AvgIpc) is 2.16. The topological polar surface area (TPSA) is 29.1 Å². The van der Waals surface area contributed by atoms with E-state index in [0.29, 0.717) is 5.92 Å². The zero-order valence-corrected chi connectivity index (χ0v) is 8.51. The number of hydrogen-bond acceptors (Lipinski definition) is 1. The molecule has 0 aromatic rings. The number of hydrogen-bond donors (Lipinski definition) is 1. The molecule has 0 aliphatic heterocycles. The Hall–Kier alpha value is -0.530. The van der Waals surface area contributed by atoms with Gasteiger partial charge in [-0.15, -0.1) is 0 Å². The zero-order valence-electron chi connectivity index (χ0n) is 8.51. The highest BCUT2D eigenvalue weighted by atomic mass is 16.1. The second-order valence-electron chi connectivity index (χ2n) is 4.33. The zero-order chi connectivity index (χ0) is 9.52. The van der Waals surface area contributed by atoms with E-state index in [4.69, 9.17) is 0 Å². The lowest BCUT2D eigenvalue weighted by Gasteiger charge is -2.24. The molecule has 1 N–H and O–H groups in total. The molecule has 0 aromatic heterocycles. The average molecular weight is 182 g/mol. The van der Waals surface area contributed by atoms with Crippen molar-refractivity contribution in [3.8, 4) is 0 Å². The van der Waals surface area contributed by atoms with Gasteiger partial charge in [0.05, 0.1) is 0 Å². The maximum Gasteiger partial charge on any atom is 0.309 e. The molecule has 2 nitrogen and oxygen atoms in total. The number of amides is 1. The van der Waals surface area contributed by atoms with Crippen molar-refractivity contribution in [2.75, 3.05) is 6.54 Å². The fourth-order valence-corrected chi connectivity index (χ4v) is 2.29. The van der Waals surface area contributed by atoms with Crippen molar-refractivity contribution in [1.82, 2.24) is 5.32 Å². The van der Waals surface area contributed by atoms with Crippen LogP contribution in [0.5, 0.6) is 0 Å². The van der Waals surface area contributed by atoms with Crippen molar-refractivity contribution in [3.63, 3.8) is 0 Å². The molecule has 1 atom stereocenters. The van der Waals surface area contributed by atoms with Crippen molar-refractivity contribution < 1.29 is 4.79 Å². The standard InChI is InChI=1S/C11H20NO/c1-10(8-12-9-13)7-11-5-3-2-4-6-11/h10-11H,2-8H2,1H3,(H,12,13). The van der Waals surface area contributed by atoms with E-state index in [1.54, 1.807) is 6.41 Å². The predicted molar refractivity (Wildman–Crippen MR) is 54.1 cm³/mol. The summed E-state index contributed by atoms with van der Waals surface area (Å²) < 4.78 is 0. The van der Waals surface area contributed by atoms with Gasteiger partial charge in [0.2, 0.25) is 0 Å². The van der Waals surface area contributed by atoms with E-state index in [0.717, 1.165) is 12.5 Å². The summed E-state index contributed by atoms with van der Waals surface area (Å²) in [4.78, 5) is 9.97. The quantitative estimate of drug-likeness (QED) is 0.649. The number of carbonyl (C=O) groups excluding carboxylic acids is 1. The second kappa shape index (κ2) is 6.01. The Kier molecular flexibility index (Phi) is 4.87. The molecule has 1 saturated carbocycles. The summed E-state index contributed by atoms with van der Waals surface area (Å²) in [6.07, 6.45) is 10.0. The molecular formula is C11H20NO. The Morgan fingerprint density at radius 1 is 1.38 bits per heavy atom. The molecule has 1 radical (unpaired) electrons.